The number of imidazole rings is 1. The van der Waals surface area contributed by atoms with Gasteiger partial charge in [-0.05, 0) is 31.7 Å². The zero-order valence-corrected chi connectivity index (χ0v) is 11.8. The molecule has 1 fully saturated rings. The van der Waals surface area contributed by atoms with Crippen molar-refractivity contribution >= 4 is 22.8 Å². The summed E-state index contributed by atoms with van der Waals surface area (Å²) in [6.07, 6.45) is 0.898. The standard InChI is InChI=1S/C13H13ClF3N3O/c14-8-6-10-11(18-7-8)19-12(13(15,16)17)20(10)21-9-4-2-1-3-5-9/h6-7,9H,1-5H2. The van der Waals surface area contributed by atoms with Crippen molar-refractivity contribution in [3.05, 3.63) is 23.1 Å². The number of alkyl halides is 3. The minimum absolute atomic E-state index is 0.0254. The van der Waals surface area contributed by atoms with Gasteiger partial charge in [-0.15, -0.1) is 0 Å². The Labute approximate surface area is 123 Å². The van der Waals surface area contributed by atoms with Crippen molar-refractivity contribution in [2.24, 2.45) is 0 Å². The van der Waals surface area contributed by atoms with E-state index < -0.39 is 12.0 Å². The fraction of sp³-hybridized carbons (Fsp3) is 0.538. The summed E-state index contributed by atoms with van der Waals surface area (Å²) in [4.78, 5) is 12.9. The Balaban J connectivity index is 2.05. The van der Waals surface area contributed by atoms with E-state index in [-0.39, 0.29) is 22.3 Å². The fourth-order valence-electron chi connectivity index (χ4n) is 2.52. The van der Waals surface area contributed by atoms with E-state index in [4.69, 9.17) is 16.4 Å². The Morgan fingerprint density at radius 2 is 1.95 bits per heavy atom. The van der Waals surface area contributed by atoms with E-state index in [1.807, 2.05) is 0 Å². The van der Waals surface area contributed by atoms with E-state index in [1.54, 1.807) is 0 Å². The predicted molar refractivity (Wildman–Crippen MR) is 71.0 cm³/mol. The van der Waals surface area contributed by atoms with Crippen LogP contribution in [0, 0.1) is 0 Å². The molecule has 2 aromatic rings. The van der Waals surface area contributed by atoms with E-state index in [0.29, 0.717) is 0 Å². The molecule has 0 aromatic carbocycles. The third kappa shape index (κ3) is 2.92. The molecule has 4 nitrogen and oxygen atoms in total. The van der Waals surface area contributed by atoms with Crippen molar-refractivity contribution in [2.45, 2.75) is 44.4 Å². The third-order valence-corrected chi connectivity index (χ3v) is 3.70. The lowest BCUT2D eigenvalue weighted by atomic mass is 9.98. The van der Waals surface area contributed by atoms with Gasteiger partial charge >= 0.3 is 6.18 Å². The summed E-state index contributed by atoms with van der Waals surface area (Å²) in [5.74, 6) is -1.10. The summed E-state index contributed by atoms with van der Waals surface area (Å²) in [5, 5.41) is 0.240. The molecule has 0 unspecified atom stereocenters. The van der Waals surface area contributed by atoms with Gasteiger partial charge in [0.25, 0.3) is 5.82 Å². The number of rotatable bonds is 2. The predicted octanol–water partition coefficient (Wildman–Crippen LogP) is 3.86. The molecule has 1 aliphatic carbocycles. The molecule has 0 saturated heterocycles. The molecule has 8 heteroatoms. The lowest BCUT2D eigenvalue weighted by molar-refractivity contribution is -0.158. The summed E-state index contributed by atoms with van der Waals surface area (Å²) in [7, 11) is 0. The molecule has 1 saturated carbocycles. The number of aromatic nitrogens is 3. The first-order valence-electron chi connectivity index (χ1n) is 6.73. The molecule has 1 aliphatic rings. The number of fused-ring (bicyclic) bond motifs is 1. The van der Waals surface area contributed by atoms with Crippen LogP contribution < -0.4 is 4.84 Å². The number of pyridine rings is 1. The molecule has 0 radical (unpaired) electrons. The summed E-state index contributed by atoms with van der Waals surface area (Å²) < 4.78 is 40.1. The van der Waals surface area contributed by atoms with Gasteiger partial charge < -0.3 is 4.84 Å². The Kier molecular flexibility index (Phi) is 3.69. The van der Waals surface area contributed by atoms with Gasteiger partial charge in [0.05, 0.1) is 5.02 Å². The number of hydrogen-bond acceptors (Lipinski definition) is 3. The lowest BCUT2D eigenvalue weighted by Gasteiger charge is -2.24. The van der Waals surface area contributed by atoms with Crippen LogP contribution in [0.15, 0.2) is 12.3 Å². The van der Waals surface area contributed by atoms with Gasteiger partial charge in [-0.3, -0.25) is 0 Å². The quantitative estimate of drug-likeness (QED) is 0.843. The molecule has 21 heavy (non-hydrogen) atoms. The van der Waals surface area contributed by atoms with Crippen LogP contribution in [0.2, 0.25) is 5.02 Å². The van der Waals surface area contributed by atoms with Gasteiger partial charge in [0, 0.05) is 6.20 Å². The topological polar surface area (TPSA) is 39.9 Å². The average Bonchev–Trinajstić information content (AvgIpc) is 2.78. The molecular formula is C13H13ClF3N3O. The van der Waals surface area contributed by atoms with Crippen LogP contribution in [0.5, 0.6) is 0 Å². The molecule has 0 aliphatic heterocycles. The highest BCUT2D eigenvalue weighted by Gasteiger charge is 2.39. The van der Waals surface area contributed by atoms with Crippen molar-refractivity contribution in [3.8, 4) is 0 Å². The normalized spacial score (nSPS) is 17.3. The van der Waals surface area contributed by atoms with E-state index in [2.05, 4.69) is 9.97 Å². The molecule has 114 valence electrons. The highest BCUT2D eigenvalue weighted by Crippen LogP contribution is 2.32. The van der Waals surface area contributed by atoms with Crippen LogP contribution in [0.1, 0.15) is 37.9 Å². The molecule has 0 amide bonds. The van der Waals surface area contributed by atoms with Crippen molar-refractivity contribution in [3.63, 3.8) is 0 Å². The van der Waals surface area contributed by atoms with E-state index in [1.165, 1.54) is 12.3 Å². The zero-order valence-electron chi connectivity index (χ0n) is 11.0. The van der Waals surface area contributed by atoms with Crippen LogP contribution in [-0.2, 0) is 6.18 Å². The minimum Gasteiger partial charge on any atom is -0.408 e. The van der Waals surface area contributed by atoms with Gasteiger partial charge in [0.2, 0.25) is 0 Å². The fourth-order valence-corrected chi connectivity index (χ4v) is 2.67. The SMILES string of the molecule is FC(F)(F)c1nc2ncc(Cl)cc2n1OC1CCCCC1. The zero-order chi connectivity index (χ0) is 15.0. The number of hydrogen-bond donors (Lipinski definition) is 0. The smallest absolute Gasteiger partial charge is 0.408 e. The van der Waals surface area contributed by atoms with Crippen LogP contribution in [0.25, 0.3) is 11.2 Å². The molecule has 0 spiro atoms. The summed E-state index contributed by atoms with van der Waals surface area (Å²) >= 11 is 5.82. The maximum absolute atomic E-state index is 13.1. The Bertz CT molecular complexity index is 650. The van der Waals surface area contributed by atoms with E-state index >= 15 is 0 Å². The van der Waals surface area contributed by atoms with Gasteiger partial charge in [-0.2, -0.15) is 17.9 Å². The first-order valence-corrected chi connectivity index (χ1v) is 7.11. The molecule has 2 heterocycles. The third-order valence-electron chi connectivity index (χ3n) is 3.50. The molecule has 0 atom stereocenters. The minimum atomic E-state index is -4.61. The molecule has 3 rings (SSSR count). The maximum Gasteiger partial charge on any atom is 0.453 e. The van der Waals surface area contributed by atoms with Crippen LogP contribution in [0.3, 0.4) is 0 Å². The molecular weight excluding hydrogens is 307 g/mol. The van der Waals surface area contributed by atoms with Crippen molar-refractivity contribution in [1.29, 1.82) is 0 Å². The Morgan fingerprint density at radius 3 is 2.62 bits per heavy atom. The Morgan fingerprint density at radius 1 is 1.24 bits per heavy atom. The van der Waals surface area contributed by atoms with E-state index in [9.17, 15) is 13.2 Å². The van der Waals surface area contributed by atoms with Crippen LogP contribution >= 0.6 is 11.6 Å². The summed E-state index contributed by atoms with van der Waals surface area (Å²) in [6.45, 7) is 0. The van der Waals surface area contributed by atoms with Crippen LogP contribution in [-0.4, -0.2) is 20.8 Å². The molecule has 2 aromatic heterocycles. The van der Waals surface area contributed by atoms with Gasteiger partial charge in [0.1, 0.15) is 11.6 Å². The largest absolute Gasteiger partial charge is 0.453 e. The summed E-state index contributed by atoms with van der Waals surface area (Å²) in [6, 6.07) is 1.38. The van der Waals surface area contributed by atoms with Gasteiger partial charge in [-0.25, -0.2) is 9.97 Å². The first-order chi connectivity index (χ1) is 9.95. The maximum atomic E-state index is 13.1. The first kappa shape index (κ1) is 14.4. The second-order valence-electron chi connectivity index (χ2n) is 5.09. The van der Waals surface area contributed by atoms with Gasteiger partial charge in [-0.1, -0.05) is 18.0 Å². The van der Waals surface area contributed by atoms with Crippen molar-refractivity contribution in [1.82, 2.24) is 14.7 Å². The van der Waals surface area contributed by atoms with Crippen molar-refractivity contribution in [2.75, 3.05) is 0 Å². The summed E-state index contributed by atoms with van der Waals surface area (Å²) in [5.41, 5.74) is 0.114. The lowest BCUT2D eigenvalue weighted by Crippen LogP contribution is -2.30. The van der Waals surface area contributed by atoms with Gasteiger partial charge in [0.15, 0.2) is 5.65 Å². The monoisotopic (exact) mass is 319 g/mol. The average molecular weight is 320 g/mol. The van der Waals surface area contributed by atoms with Crippen LogP contribution in [0.4, 0.5) is 13.2 Å². The highest BCUT2D eigenvalue weighted by atomic mass is 35.5. The Hall–Kier alpha value is -1.50. The second kappa shape index (κ2) is 5.36. The highest BCUT2D eigenvalue weighted by molar-refractivity contribution is 6.31. The molecule has 0 N–H and O–H groups in total. The number of nitrogens with zero attached hydrogens (tertiary/aromatic N) is 3. The number of halogens is 4. The van der Waals surface area contributed by atoms with Crippen molar-refractivity contribution < 1.29 is 18.0 Å². The second-order valence-corrected chi connectivity index (χ2v) is 5.53. The van der Waals surface area contributed by atoms with E-state index in [0.717, 1.165) is 36.8 Å². The molecule has 0 bridgehead atoms.